The minimum Gasteiger partial charge on any atom is -0.497 e. The zero-order valence-electron chi connectivity index (χ0n) is 11.2. The molecule has 6 heteroatoms. The van der Waals surface area contributed by atoms with E-state index < -0.39 is 4.92 Å². The van der Waals surface area contributed by atoms with Crippen molar-refractivity contribution in [1.29, 1.82) is 0 Å². The largest absolute Gasteiger partial charge is 0.497 e. The van der Waals surface area contributed by atoms with Crippen LogP contribution in [0.2, 0.25) is 0 Å². The standard InChI is InChI=1S/C15H12N2O4/c1-21-12-6-7-14(17(19)20)11(10-12)5-8-15(18)13-4-2-3-9-16-13/h2-10H,1H3/b8-5+. The summed E-state index contributed by atoms with van der Waals surface area (Å²) in [5, 5.41) is 11.0. The molecule has 0 bridgehead atoms. The molecule has 21 heavy (non-hydrogen) atoms. The number of ether oxygens (including phenoxy) is 1. The van der Waals surface area contributed by atoms with Crippen LogP contribution < -0.4 is 4.74 Å². The Balaban J connectivity index is 2.31. The van der Waals surface area contributed by atoms with Crippen LogP contribution in [0.4, 0.5) is 5.69 Å². The van der Waals surface area contributed by atoms with E-state index in [1.54, 1.807) is 18.2 Å². The minimum absolute atomic E-state index is 0.0964. The summed E-state index contributed by atoms with van der Waals surface area (Å²) in [6, 6.07) is 9.31. The Bertz CT molecular complexity index is 696. The lowest BCUT2D eigenvalue weighted by Crippen LogP contribution is -1.97. The second-order valence-corrected chi connectivity index (χ2v) is 4.09. The van der Waals surface area contributed by atoms with Crippen LogP contribution in [0.25, 0.3) is 6.08 Å². The molecular formula is C15H12N2O4. The van der Waals surface area contributed by atoms with E-state index in [2.05, 4.69) is 4.98 Å². The molecule has 0 aliphatic rings. The molecule has 0 saturated heterocycles. The number of hydrogen-bond acceptors (Lipinski definition) is 5. The number of nitro benzene ring substituents is 1. The summed E-state index contributed by atoms with van der Waals surface area (Å²) < 4.78 is 5.03. The van der Waals surface area contributed by atoms with Crippen molar-refractivity contribution in [1.82, 2.24) is 4.98 Å². The van der Waals surface area contributed by atoms with Gasteiger partial charge in [-0.1, -0.05) is 6.07 Å². The number of benzene rings is 1. The van der Waals surface area contributed by atoms with Crippen LogP contribution in [-0.2, 0) is 0 Å². The third-order valence-corrected chi connectivity index (χ3v) is 2.76. The smallest absolute Gasteiger partial charge is 0.276 e. The first-order valence-corrected chi connectivity index (χ1v) is 6.07. The van der Waals surface area contributed by atoms with Crippen LogP contribution in [0.1, 0.15) is 16.1 Å². The zero-order chi connectivity index (χ0) is 15.2. The second kappa shape index (κ2) is 6.42. The molecule has 0 fully saturated rings. The molecule has 106 valence electrons. The Morgan fingerprint density at radius 2 is 2.14 bits per heavy atom. The lowest BCUT2D eigenvalue weighted by atomic mass is 10.1. The molecule has 0 radical (unpaired) electrons. The number of methoxy groups -OCH3 is 1. The number of nitro groups is 1. The van der Waals surface area contributed by atoms with Gasteiger partial charge in [0.25, 0.3) is 5.69 Å². The normalized spacial score (nSPS) is 10.5. The molecule has 2 rings (SSSR count). The molecule has 6 nitrogen and oxygen atoms in total. The minimum atomic E-state index is -0.510. The Morgan fingerprint density at radius 1 is 1.33 bits per heavy atom. The Hall–Kier alpha value is -3.02. The Labute approximate surface area is 120 Å². The summed E-state index contributed by atoms with van der Waals surface area (Å²) in [4.78, 5) is 26.3. The van der Waals surface area contributed by atoms with Crippen molar-refractivity contribution in [3.8, 4) is 5.75 Å². The molecule has 0 saturated carbocycles. The van der Waals surface area contributed by atoms with Crippen molar-refractivity contribution in [2.75, 3.05) is 7.11 Å². The molecule has 1 heterocycles. The lowest BCUT2D eigenvalue weighted by Gasteiger charge is -2.02. The first-order valence-electron chi connectivity index (χ1n) is 6.07. The maximum Gasteiger partial charge on any atom is 0.276 e. The lowest BCUT2D eigenvalue weighted by molar-refractivity contribution is -0.385. The van der Waals surface area contributed by atoms with Gasteiger partial charge in [0.2, 0.25) is 5.78 Å². The van der Waals surface area contributed by atoms with Gasteiger partial charge in [-0.3, -0.25) is 19.9 Å². The number of hydrogen-bond donors (Lipinski definition) is 0. The summed E-state index contributed by atoms with van der Waals surface area (Å²) >= 11 is 0. The molecule has 1 aromatic carbocycles. The molecule has 0 atom stereocenters. The van der Waals surface area contributed by atoms with Crippen molar-refractivity contribution in [2.45, 2.75) is 0 Å². The Kier molecular flexibility index (Phi) is 4.40. The molecule has 0 spiro atoms. The quantitative estimate of drug-likeness (QED) is 0.365. The molecule has 2 aromatic rings. The molecular weight excluding hydrogens is 272 g/mol. The van der Waals surface area contributed by atoms with Crippen molar-refractivity contribution in [3.05, 3.63) is 70.0 Å². The molecule has 0 N–H and O–H groups in total. The highest BCUT2D eigenvalue weighted by Gasteiger charge is 2.13. The Morgan fingerprint density at radius 3 is 2.76 bits per heavy atom. The predicted octanol–water partition coefficient (Wildman–Crippen LogP) is 2.89. The van der Waals surface area contributed by atoms with Crippen molar-refractivity contribution in [2.24, 2.45) is 0 Å². The second-order valence-electron chi connectivity index (χ2n) is 4.09. The van der Waals surface area contributed by atoms with Crippen LogP contribution >= 0.6 is 0 Å². The van der Waals surface area contributed by atoms with Gasteiger partial charge in [0.1, 0.15) is 11.4 Å². The van der Waals surface area contributed by atoms with Gasteiger partial charge in [0.05, 0.1) is 17.6 Å². The van der Waals surface area contributed by atoms with E-state index >= 15 is 0 Å². The van der Waals surface area contributed by atoms with E-state index in [1.807, 2.05) is 0 Å². The zero-order valence-corrected chi connectivity index (χ0v) is 11.2. The molecule has 0 unspecified atom stereocenters. The van der Waals surface area contributed by atoms with Gasteiger partial charge < -0.3 is 4.74 Å². The molecule has 0 amide bonds. The topological polar surface area (TPSA) is 82.3 Å². The number of carbonyl (C=O) groups excluding carboxylic acids is 1. The average molecular weight is 284 g/mol. The molecule has 0 aliphatic carbocycles. The van der Waals surface area contributed by atoms with Crippen LogP contribution in [0, 0.1) is 10.1 Å². The van der Waals surface area contributed by atoms with Crippen molar-refractivity contribution >= 4 is 17.5 Å². The van der Waals surface area contributed by atoms with Gasteiger partial charge in [-0.2, -0.15) is 0 Å². The van der Waals surface area contributed by atoms with E-state index in [0.717, 1.165) is 0 Å². The number of nitrogens with zero attached hydrogens (tertiary/aromatic N) is 2. The predicted molar refractivity (Wildman–Crippen MR) is 77.2 cm³/mol. The summed E-state index contributed by atoms with van der Waals surface area (Å²) in [7, 11) is 1.47. The SMILES string of the molecule is COc1ccc([N+](=O)[O-])c(/C=C/C(=O)c2ccccn2)c1. The third kappa shape index (κ3) is 3.50. The summed E-state index contributed by atoms with van der Waals surface area (Å²) in [5.74, 6) is 0.151. The number of carbonyl (C=O) groups is 1. The maximum absolute atomic E-state index is 11.9. The van der Waals surface area contributed by atoms with E-state index in [1.165, 1.54) is 43.7 Å². The highest BCUT2D eigenvalue weighted by molar-refractivity contribution is 6.05. The third-order valence-electron chi connectivity index (χ3n) is 2.76. The van der Waals surface area contributed by atoms with Crippen LogP contribution in [0.15, 0.2) is 48.7 Å². The van der Waals surface area contributed by atoms with E-state index in [-0.39, 0.29) is 17.2 Å². The van der Waals surface area contributed by atoms with Crippen LogP contribution in [-0.4, -0.2) is 22.8 Å². The first kappa shape index (κ1) is 14.4. The average Bonchev–Trinajstić information content (AvgIpc) is 2.52. The van der Waals surface area contributed by atoms with Crippen molar-refractivity contribution < 1.29 is 14.5 Å². The number of allylic oxidation sites excluding steroid dienone is 1. The van der Waals surface area contributed by atoms with Gasteiger partial charge in [0, 0.05) is 12.3 Å². The van der Waals surface area contributed by atoms with Gasteiger partial charge in [0.15, 0.2) is 0 Å². The van der Waals surface area contributed by atoms with E-state index in [9.17, 15) is 14.9 Å². The highest BCUT2D eigenvalue weighted by atomic mass is 16.6. The fourth-order valence-corrected chi connectivity index (χ4v) is 1.72. The first-order chi connectivity index (χ1) is 10.1. The number of pyridine rings is 1. The molecule has 1 aromatic heterocycles. The van der Waals surface area contributed by atoms with Crippen molar-refractivity contribution in [3.63, 3.8) is 0 Å². The summed E-state index contributed by atoms with van der Waals surface area (Å²) in [5.41, 5.74) is 0.476. The number of rotatable bonds is 5. The van der Waals surface area contributed by atoms with Gasteiger partial charge in [-0.25, -0.2) is 0 Å². The van der Waals surface area contributed by atoms with Gasteiger partial charge in [-0.05, 0) is 36.4 Å². The summed E-state index contributed by atoms with van der Waals surface area (Å²) in [6.45, 7) is 0. The van der Waals surface area contributed by atoms with Crippen LogP contribution in [0.3, 0.4) is 0 Å². The fourth-order valence-electron chi connectivity index (χ4n) is 1.72. The van der Waals surface area contributed by atoms with Crippen LogP contribution in [0.5, 0.6) is 5.75 Å². The maximum atomic E-state index is 11.9. The monoisotopic (exact) mass is 284 g/mol. The molecule has 0 aliphatic heterocycles. The van der Waals surface area contributed by atoms with Gasteiger partial charge in [-0.15, -0.1) is 0 Å². The highest BCUT2D eigenvalue weighted by Crippen LogP contribution is 2.25. The van der Waals surface area contributed by atoms with E-state index in [4.69, 9.17) is 4.74 Å². The van der Waals surface area contributed by atoms with Gasteiger partial charge >= 0.3 is 0 Å². The number of ketones is 1. The number of aromatic nitrogens is 1. The summed E-state index contributed by atoms with van der Waals surface area (Å²) in [6.07, 6.45) is 4.15. The fraction of sp³-hybridized carbons (Fsp3) is 0.0667. The van der Waals surface area contributed by atoms with E-state index in [0.29, 0.717) is 11.3 Å².